The van der Waals surface area contributed by atoms with Gasteiger partial charge < -0.3 is 30.7 Å². The van der Waals surface area contributed by atoms with E-state index in [-0.39, 0.29) is 35.9 Å². The van der Waals surface area contributed by atoms with Gasteiger partial charge in [0.05, 0.1) is 18.3 Å². The quantitative estimate of drug-likeness (QED) is 0.176. The van der Waals surface area contributed by atoms with Crippen LogP contribution in [0.2, 0.25) is 0 Å². The third-order valence-corrected chi connectivity index (χ3v) is 4.67. The Morgan fingerprint density at radius 1 is 1.22 bits per heavy atom. The second kappa shape index (κ2) is 13.7. The molecule has 4 N–H and O–H groups in total. The minimum atomic E-state index is -0.534. The molecule has 1 saturated heterocycles. The maximum Gasteiger partial charge on any atom is 0.407 e. The van der Waals surface area contributed by atoms with Crippen molar-refractivity contribution in [3.63, 3.8) is 0 Å². The Balaban J connectivity index is 0.00000512. The highest BCUT2D eigenvalue weighted by Crippen LogP contribution is 2.24. The predicted octanol–water partition coefficient (Wildman–Crippen LogP) is 2.98. The van der Waals surface area contributed by atoms with Crippen molar-refractivity contribution in [2.45, 2.75) is 58.8 Å². The molecule has 0 spiro atoms. The number of anilines is 1. The summed E-state index contributed by atoms with van der Waals surface area (Å²) in [4.78, 5) is 18.1. The summed E-state index contributed by atoms with van der Waals surface area (Å²) in [5, 5.41) is 18.6. The Morgan fingerprint density at radius 2 is 1.88 bits per heavy atom. The van der Waals surface area contributed by atoms with Gasteiger partial charge in [0.1, 0.15) is 11.4 Å². The zero-order valence-electron chi connectivity index (χ0n) is 19.4. The smallest absolute Gasteiger partial charge is 0.407 e. The molecule has 1 fully saturated rings. The molecule has 2 rings (SSSR count). The number of nitrogens with one attached hydrogen (secondary N) is 3. The van der Waals surface area contributed by atoms with Crippen LogP contribution in [0, 0.1) is 5.82 Å². The van der Waals surface area contributed by atoms with E-state index in [1.165, 1.54) is 6.07 Å². The number of benzene rings is 1. The lowest BCUT2D eigenvalue weighted by molar-refractivity contribution is 0.0529. The summed E-state index contributed by atoms with van der Waals surface area (Å²) in [6.45, 7) is 10.6. The van der Waals surface area contributed by atoms with E-state index >= 15 is 0 Å². The number of guanidine groups is 1. The molecule has 10 heteroatoms. The van der Waals surface area contributed by atoms with Crippen LogP contribution < -0.4 is 20.9 Å². The fraction of sp³-hybridized carbons (Fsp3) is 0.636. The molecule has 0 aromatic heterocycles. The van der Waals surface area contributed by atoms with Crippen LogP contribution >= 0.6 is 24.0 Å². The largest absolute Gasteiger partial charge is 0.444 e. The lowest BCUT2D eigenvalue weighted by Crippen LogP contribution is -2.42. The Labute approximate surface area is 207 Å². The van der Waals surface area contributed by atoms with Crippen LogP contribution in [0.4, 0.5) is 14.9 Å². The Bertz CT molecular complexity index is 750. The number of aliphatic hydroxyl groups excluding tert-OH is 1. The zero-order valence-corrected chi connectivity index (χ0v) is 21.7. The van der Waals surface area contributed by atoms with Crippen LogP contribution in [0.5, 0.6) is 0 Å². The minimum Gasteiger partial charge on any atom is -0.444 e. The van der Waals surface area contributed by atoms with Gasteiger partial charge in [-0.2, -0.15) is 0 Å². The monoisotopic (exact) mass is 565 g/mol. The first-order valence-corrected chi connectivity index (χ1v) is 10.9. The molecule has 0 unspecified atom stereocenters. The van der Waals surface area contributed by atoms with Crippen LogP contribution in [0.3, 0.4) is 0 Å². The number of aliphatic imine (C=N–C) groups is 1. The third-order valence-electron chi connectivity index (χ3n) is 4.67. The predicted molar refractivity (Wildman–Crippen MR) is 136 cm³/mol. The molecule has 0 bridgehead atoms. The molecule has 32 heavy (non-hydrogen) atoms. The maximum absolute atomic E-state index is 14.6. The molecule has 1 aromatic rings. The van der Waals surface area contributed by atoms with Crippen molar-refractivity contribution in [1.82, 2.24) is 16.0 Å². The number of alkyl carbamates (subject to hydrolysis) is 1. The average molecular weight is 565 g/mol. The van der Waals surface area contributed by atoms with Gasteiger partial charge in [0.2, 0.25) is 0 Å². The van der Waals surface area contributed by atoms with Gasteiger partial charge in [-0.3, -0.25) is 0 Å². The lowest BCUT2D eigenvalue weighted by Gasteiger charge is -2.31. The third kappa shape index (κ3) is 10.2. The van der Waals surface area contributed by atoms with E-state index in [2.05, 4.69) is 20.9 Å². The maximum atomic E-state index is 14.6. The molecule has 0 saturated carbocycles. The summed E-state index contributed by atoms with van der Waals surface area (Å²) in [6, 6.07) is 5.17. The molecular weight excluding hydrogens is 528 g/mol. The van der Waals surface area contributed by atoms with Crippen LogP contribution in [0.15, 0.2) is 23.2 Å². The van der Waals surface area contributed by atoms with Gasteiger partial charge >= 0.3 is 6.09 Å². The number of carbonyl (C=O) groups excluding carboxylic acids is 1. The molecule has 1 aliphatic rings. The summed E-state index contributed by atoms with van der Waals surface area (Å²) in [6.07, 6.45) is 0.567. The summed E-state index contributed by atoms with van der Waals surface area (Å²) in [5.74, 6) is 0.312. The molecule has 0 aliphatic carbocycles. The highest BCUT2D eigenvalue weighted by Gasteiger charge is 2.19. The van der Waals surface area contributed by atoms with E-state index in [9.17, 15) is 14.3 Å². The van der Waals surface area contributed by atoms with Crippen molar-refractivity contribution >= 4 is 41.7 Å². The highest BCUT2D eigenvalue weighted by atomic mass is 127. The first-order valence-electron chi connectivity index (χ1n) is 10.9. The zero-order chi connectivity index (χ0) is 22.9. The van der Waals surface area contributed by atoms with Gasteiger partial charge in [-0.1, -0.05) is 6.07 Å². The molecule has 0 atom stereocenters. The van der Waals surface area contributed by atoms with Crippen molar-refractivity contribution in [2.75, 3.05) is 37.6 Å². The standard InChI is InChI=1S/C22H36FN5O3.HI/c1-5-24-20(25-10-11-26-21(30)31-22(2,3)4)27-15-16-6-7-19(18(23)14-16)28-12-8-17(29)9-13-28;/h6-7,14,17,29H,5,8-13,15H2,1-4H3,(H,26,30)(H2,24,25,27);1H. The summed E-state index contributed by atoms with van der Waals surface area (Å²) >= 11 is 0. The first kappa shape index (κ1) is 28.2. The van der Waals surface area contributed by atoms with E-state index in [1.54, 1.807) is 6.07 Å². The fourth-order valence-corrected chi connectivity index (χ4v) is 3.18. The molecule has 1 amide bonds. The summed E-state index contributed by atoms with van der Waals surface area (Å²) in [5.41, 5.74) is 0.800. The molecule has 1 aromatic carbocycles. The van der Waals surface area contributed by atoms with E-state index in [1.807, 2.05) is 38.7 Å². The van der Waals surface area contributed by atoms with Crippen molar-refractivity contribution in [2.24, 2.45) is 4.99 Å². The topological polar surface area (TPSA) is 98.2 Å². The Kier molecular flexibility index (Phi) is 12.0. The number of piperidine rings is 1. The molecule has 0 radical (unpaired) electrons. The van der Waals surface area contributed by atoms with Crippen LogP contribution in [0.1, 0.15) is 46.1 Å². The van der Waals surface area contributed by atoms with E-state index in [0.717, 1.165) is 5.56 Å². The number of rotatable bonds is 7. The minimum absolute atomic E-state index is 0. The van der Waals surface area contributed by atoms with E-state index < -0.39 is 11.7 Å². The van der Waals surface area contributed by atoms with Gasteiger partial charge in [-0.15, -0.1) is 24.0 Å². The van der Waals surface area contributed by atoms with Gasteiger partial charge in [0, 0.05) is 32.7 Å². The molecule has 8 nitrogen and oxygen atoms in total. The summed E-state index contributed by atoms with van der Waals surface area (Å²) < 4.78 is 19.8. The van der Waals surface area contributed by atoms with Crippen LogP contribution in [-0.4, -0.2) is 61.6 Å². The number of amides is 1. The number of halogens is 2. The Morgan fingerprint density at radius 3 is 2.47 bits per heavy atom. The highest BCUT2D eigenvalue weighted by molar-refractivity contribution is 14.0. The molecular formula is C22H37FIN5O3. The number of hydrogen-bond donors (Lipinski definition) is 4. The number of aliphatic hydroxyl groups is 1. The number of nitrogens with zero attached hydrogens (tertiary/aromatic N) is 2. The van der Waals surface area contributed by atoms with Gasteiger partial charge in [0.15, 0.2) is 5.96 Å². The average Bonchev–Trinajstić information content (AvgIpc) is 2.69. The normalized spacial score (nSPS) is 15.1. The lowest BCUT2D eigenvalue weighted by atomic mass is 10.1. The molecule has 182 valence electrons. The van der Waals surface area contributed by atoms with Crippen LogP contribution in [0.25, 0.3) is 0 Å². The summed E-state index contributed by atoms with van der Waals surface area (Å²) in [7, 11) is 0. The molecule has 1 heterocycles. The van der Waals surface area contributed by atoms with Crippen molar-refractivity contribution < 1.29 is 19.0 Å². The van der Waals surface area contributed by atoms with Crippen LogP contribution in [-0.2, 0) is 11.3 Å². The number of carbonyl (C=O) groups is 1. The van der Waals surface area contributed by atoms with Crippen molar-refractivity contribution in [3.8, 4) is 0 Å². The first-order chi connectivity index (χ1) is 14.7. The van der Waals surface area contributed by atoms with E-state index in [4.69, 9.17) is 4.74 Å². The second-order valence-corrected chi connectivity index (χ2v) is 8.55. The van der Waals surface area contributed by atoms with Gasteiger partial charge in [0.25, 0.3) is 0 Å². The molecule has 1 aliphatic heterocycles. The Hall–Kier alpha value is -1.82. The number of ether oxygens (including phenoxy) is 1. The van der Waals surface area contributed by atoms with Gasteiger partial charge in [-0.25, -0.2) is 14.2 Å². The SMILES string of the molecule is CCNC(=NCc1ccc(N2CCC(O)CC2)c(F)c1)NCCNC(=O)OC(C)(C)C.I. The van der Waals surface area contributed by atoms with Crippen molar-refractivity contribution in [1.29, 1.82) is 0 Å². The second-order valence-electron chi connectivity index (χ2n) is 8.55. The van der Waals surface area contributed by atoms with Crippen molar-refractivity contribution in [3.05, 3.63) is 29.6 Å². The fourth-order valence-electron chi connectivity index (χ4n) is 3.18. The van der Waals surface area contributed by atoms with E-state index in [0.29, 0.717) is 63.8 Å². The number of hydrogen-bond acceptors (Lipinski definition) is 5. The van der Waals surface area contributed by atoms with Gasteiger partial charge in [-0.05, 0) is 58.2 Å².